The van der Waals surface area contributed by atoms with Crippen molar-refractivity contribution in [2.75, 3.05) is 0 Å². The van der Waals surface area contributed by atoms with Crippen LogP contribution in [0, 0.1) is 0 Å². The molecule has 0 bridgehead atoms. The van der Waals surface area contributed by atoms with Gasteiger partial charge in [0.15, 0.2) is 5.78 Å². The predicted octanol–water partition coefficient (Wildman–Crippen LogP) is 0.778. The standard InChI is InChI=1S/C7H13BO2/c1-3-5(9)7(8)6(10)4-2/h9H,3-4,8H2,1-2H3/b7-5+. The summed E-state index contributed by atoms with van der Waals surface area (Å²) in [5, 5.41) is 9.09. The van der Waals surface area contributed by atoms with Gasteiger partial charge in [-0.25, -0.2) is 0 Å². The van der Waals surface area contributed by atoms with Crippen LogP contribution in [0.25, 0.3) is 0 Å². The van der Waals surface area contributed by atoms with Crippen molar-refractivity contribution in [3.05, 3.63) is 11.2 Å². The van der Waals surface area contributed by atoms with Crippen LogP contribution in [0.3, 0.4) is 0 Å². The first-order chi connectivity index (χ1) is 4.63. The van der Waals surface area contributed by atoms with Gasteiger partial charge in [0.1, 0.15) is 7.85 Å². The molecule has 0 atom stereocenters. The van der Waals surface area contributed by atoms with Gasteiger partial charge in [0.05, 0.1) is 5.76 Å². The van der Waals surface area contributed by atoms with Crippen molar-refractivity contribution >= 4 is 13.6 Å². The first-order valence-corrected chi connectivity index (χ1v) is 3.55. The Morgan fingerprint density at radius 3 is 2.20 bits per heavy atom. The summed E-state index contributed by atoms with van der Waals surface area (Å²) in [7, 11) is 1.66. The number of carbonyl (C=O) groups excluding carboxylic acids is 1. The molecule has 56 valence electrons. The second kappa shape index (κ2) is 4.15. The smallest absolute Gasteiger partial charge is 0.152 e. The SMILES string of the molecule is B/C(C(=O)CC)=C(/O)CC. The van der Waals surface area contributed by atoms with Crippen LogP contribution in [0.2, 0.25) is 0 Å². The van der Waals surface area contributed by atoms with Gasteiger partial charge in [-0.2, -0.15) is 0 Å². The molecular weight excluding hydrogens is 127 g/mol. The summed E-state index contributed by atoms with van der Waals surface area (Å²) in [5.74, 6) is 0.242. The molecule has 0 saturated carbocycles. The second-order valence-electron chi connectivity index (χ2n) is 2.20. The number of hydrogen-bond acceptors (Lipinski definition) is 2. The molecule has 0 aromatic heterocycles. The molecule has 0 aliphatic heterocycles. The zero-order valence-electron chi connectivity index (χ0n) is 6.77. The summed E-state index contributed by atoms with van der Waals surface area (Å²) in [6, 6.07) is 0. The number of ketones is 1. The second-order valence-corrected chi connectivity index (χ2v) is 2.20. The number of aliphatic hydroxyl groups excluding tert-OH is 1. The minimum Gasteiger partial charge on any atom is -0.513 e. The molecule has 0 amide bonds. The van der Waals surface area contributed by atoms with Gasteiger partial charge in [-0.15, -0.1) is 0 Å². The fourth-order valence-electron chi connectivity index (χ4n) is 0.691. The third-order valence-corrected chi connectivity index (χ3v) is 1.51. The van der Waals surface area contributed by atoms with Gasteiger partial charge in [0, 0.05) is 12.8 Å². The normalized spacial score (nSPS) is 12.6. The zero-order valence-corrected chi connectivity index (χ0v) is 6.77. The van der Waals surface area contributed by atoms with Crippen LogP contribution < -0.4 is 0 Å². The Morgan fingerprint density at radius 1 is 1.40 bits per heavy atom. The van der Waals surface area contributed by atoms with Gasteiger partial charge < -0.3 is 5.11 Å². The Bertz CT molecular complexity index is 161. The summed E-state index contributed by atoms with van der Waals surface area (Å²) in [6.45, 7) is 3.61. The van der Waals surface area contributed by atoms with Gasteiger partial charge in [0.2, 0.25) is 0 Å². The molecule has 2 nitrogen and oxygen atoms in total. The van der Waals surface area contributed by atoms with Gasteiger partial charge in [-0.05, 0) is 5.47 Å². The highest BCUT2D eigenvalue weighted by Gasteiger charge is 2.04. The molecule has 0 aromatic rings. The van der Waals surface area contributed by atoms with Gasteiger partial charge in [-0.1, -0.05) is 13.8 Å². The lowest BCUT2D eigenvalue weighted by Gasteiger charge is -2.00. The van der Waals surface area contributed by atoms with Gasteiger partial charge in [0.25, 0.3) is 0 Å². The Kier molecular flexibility index (Phi) is 3.85. The van der Waals surface area contributed by atoms with E-state index in [0.29, 0.717) is 18.3 Å². The number of allylic oxidation sites excluding steroid dienone is 2. The van der Waals surface area contributed by atoms with Crippen molar-refractivity contribution < 1.29 is 9.90 Å². The lowest BCUT2D eigenvalue weighted by Crippen LogP contribution is -2.03. The molecule has 0 aromatic carbocycles. The van der Waals surface area contributed by atoms with Crippen LogP contribution in [-0.2, 0) is 4.79 Å². The van der Waals surface area contributed by atoms with E-state index in [4.69, 9.17) is 5.11 Å². The molecule has 0 aliphatic carbocycles. The highest BCUT2D eigenvalue weighted by Crippen LogP contribution is 2.03. The largest absolute Gasteiger partial charge is 0.513 e. The molecular formula is C7H13BO2. The Morgan fingerprint density at radius 2 is 1.90 bits per heavy atom. The van der Waals surface area contributed by atoms with Crippen LogP contribution >= 0.6 is 0 Å². The lowest BCUT2D eigenvalue weighted by molar-refractivity contribution is -0.114. The topological polar surface area (TPSA) is 37.3 Å². The van der Waals surface area contributed by atoms with E-state index in [-0.39, 0.29) is 11.5 Å². The summed E-state index contributed by atoms with van der Waals surface area (Å²) in [6.07, 6.45) is 1.01. The van der Waals surface area contributed by atoms with E-state index in [1.807, 2.05) is 6.92 Å². The fourth-order valence-corrected chi connectivity index (χ4v) is 0.691. The molecule has 1 N–H and O–H groups in total. The summed E-state index contributed by atoms with van der Waals surface area (Å²) in [5.41, 5.74) is 0.505. The minimum absolute atomic E-state index is 0.0272. The summed E-state index contributed by atoms with van der Waals surface area (Å²) < 4.78 is 0. The van der Waals surface area contributed by atoms with E-state index in [9.17, 15) is 4.79 Å². The van der Waals surface area contributed by atoms with Crippen molar-refractivity contribution in [1.29, 1.82) is 0 Å². The third-order valence-electron chi connectivity index (χ3n) is 1.51. The molecule has 0 spiro atoms. The Labute approximate surface area is 62.3 Å². The van der Waals surface area contributed by atoms with E-state index in [2.05, 4.69) is 0 Å². The maximum Gasteiger partial charge on any atom is 0.152 e. The summed E-state index contributed by atoms with van der Waals surface area (Å²) in [4.78, 5) is 10.9. The quantitative estimate of drug-likeness (QED) is 0.357. The van der Waals surface area contributed by atoms with Crippen LogP contribution in [0.1, 0.15) is 26.7 Å². The maximum atomic E-state index is 10.9. The zero-order chi connectivity index (χ0) is 8.15. The molecule has 0 fully saturated rings. The van der Waals surface area contributed by atoms with Crippen LogP contribution in [0.4, 0.5) is 0 Å². The fraction of sp³-hybridized carbons (Fsp3) is 0.571. The average Bonchev–Trinajstić information content (AvgIpc) is 2.00. The first kappa shape index (κ1) is 9.27. The van der Waals surface area contributed by atoms with E-state index >= 15 is 0 Å². The van der Waals surface area contributed by atoms with E-state index in [0.717, 1.165) is 0 Å². The van der Waals surface area contributed by atoms with Crippen molar-refractivity contribution in [3.63, 3.8) is 0 Å². The highest BCUT2D eigenvalue weighted by atomic mass is 16.3. The van der Waals surface area contributed by atoms with Gasteiger partial charge >= 0.3 is 0 Å². The molecule has 0 radical (unpaired) electrons. The van der Waals surface area contributed by atoms with Crippen molar-refractivity contribution in [2.45, 2.75) is 26.7 Å². The van der Waals surface area contributed by atoms with Crippen LogP contribution in [-0.4, -0.2) is 18.7 Å². The van der Waals surface area contributed by atoms with Crippen molar-refractivity contribution in [3.8, 4) is 0 Å². The minimum atomic E-state index is 0.0272. The molecule has 0 aliphatic rings. The van der Waals surface area contributed by atoms with Crippen molar-refractivity contribution in [1.82, 2.24) is 0 Å². The van der Waals surface area contributed by atoms with E-state index in [1.54, 1.807) is 14.8 Å². The molecule has 10 heavy (non-hydrogen) atoms. The number of Topliss-reactive ketones (excluding diaryl/α,β-unsaturated/α-hetero) is 1. The molecule has 0 rings (SSSR count). The number of carbonyl (C=O) groups is 1. The van der Waals surface area contributed by atoms with Crippen LogP contribution in [0.15, 0.2) is 11.2 Å². The Hall–Kier alpha value is -0.725. The van der Waals surface area contributed by atoms with E-state index < -0.39 is 0 Å². The molecule has 0 heterocycles. The Balaban J connectivity index is 4.30. The molecule has 0 unspecified atom stereocenters. The number of hydrogen-bond donors (Lipinski definition) is 1. The lowest BCUT2D eigenvalue weighted by atomic mass is 9.88. The molecule has 3 heteroatoms. The average molecular weight is 140 g/mol. The first-order valence-electron chi connectivity index (χ1n) is 3.55. The number of rotatable bonds is 3. The van der Waals surface area contributed by atoms with E-state index in [1.165, 1.54) is 0 Å². The summed E-state index contributed by atoms with van der Waals surface area (Å²) >= 11 is 0. The van der Waals surface area contributed by atoms with Crippen LogP contribution in [0.5, 0.6) is 0 Å². The highest BCUT2D eigenvalue weighted by molar-refractivity contribution is 6.37. The monoisotopic (exact) mass is 140 g/mol. The number of aliphatic hydroxyl groups is 1. The third kappa shape index (κ3) is 2.25. The predicted molar refractivity (Wildman–Crippen MR) is 43.8 cm³/mol. The molecule has 0 saturated heterocycles. The van der Waals surface area contributed by atoms with Crippen molar-refractivity contribution in [2.24, 2.45) is 0 Å². The van der Waals surface area contributed by atoms with Gasteiger partial charge in [-0.3, -0.25) is 4.79 Å². The maximum absolute atomic E-state index is 10.9.